The Morgan fingerprint density at radius 2 is 1.75 bits per heavy atom. The zero-order valence-electron chi connectivity index (χ0n) is 15.6. The number of nitro groups is 1. The molecule has 0 spiro atoms. The van der Waals surface area contributed by atoms with E-state index in [9.17, 15) is 24.8 Å². The van der Waals surface area contributed by atoms with E-state index in [2.05, 4.69) is 0 Å². The van der Waals surface area contributed by atoms with Crippen molar-refractivity contribution in [3.8, 4) is 0 Å². The van der Waals surface area contributed by atoms with Gasteiger partial charge in [0.1, 0.15) is 12.6 Å². The van der Waals surface area contributed by atoms with Crippen molar-refractivity contribution in [2.24, 2.45) is 5.92 Å². The van der Waals surface area contributed by atoms with Gasteiger partial charge in [-0.3, -0.25) is 15.0 Å². The number of carboxylic acid groups (broad SMARTS) is 1. The average molecular weight is 386 g/mol. The Bertz CT molecular complexity index is 822. The van der Waals surface area contributed by atoms with Gasteiger partial charge in [-0.15, -0.1) is 0 Å². The molecular weight excluding hydrogens is 364 g/mol. The number of rotatable bonds is 8. The van der Waals surface area contributed by atoms with E-state index in [0.29, 0.717) is 6.42 Å². The van der Waals surface area contributed by atoms with Gasteiger partial charge in [-0.1, -0.05) is 50.6 Å². The highest BCUT2D eigenvalue weighted by atomic mass is 16.6. The van der Waals surface area contributed by atoms with Gasteiger partial charge in [0, 0.05) is 17.8 Å². The molecule has 0 heterocycles. The molecule has 2 aromatic rings. The molecule has 0 aromatic heterocycles. The molecule has 0 aliphatic carbocycles. The molecule has 0 aliphatic rings. The van der Waals surface area contributed by atoms with Crippen molar-refractivity contribution >= 4 is 23.4 Å². The maximum absolute atomic E-state index is 12.8. The number of carbonyl (C=O) groups is 2. The van der Waals surface area contributed by atoms with Crippen molar-refractivity contribution in [3.63, 3.8) is 0 Å². The zero-order chi connectivity index (χ0) is 20.7. The fourth-order valence-corrected chi connectivity index (χ4v) is 2.73. The fraction of sp³-hybridized carbons (Fsp3) is 0.300. The monoisotopic (exact) mass is 386 g/mol. The molecule has 8 nitrogen and oxygen atoms in total. The zero-order valence-corrected chi connectivity index (χ0v) is 15.6. The summed E-state index contributed by atoms with van der Waals surface area (Å²) in [6.45, 7) is 3.53. The summed E-state index contributed by atoms with van der Waals surface area (Å²) in [5.41, 5.74) is 0.822. The second-order valence-corrected chi connectivity index (χ2v) is 6.35. The maximum atomic E-state index is 12.8. The average Bonchev–Trinajstić information content (AvgIpc) is 2.70. The Morgan fingerprint density at radius 1 is 1.14 bits per heavy atom. The van der Waals surface area contributed by atoms with Gasteiger partial charge < -0.3 is 9.84 Å². The van der Waals surface area contributed by atoms with Gasteiger partial charge in [0.25, 0.3) is 5.69 Å². The molecule has 28 heavy (non-hydrogen) atoms. The predicted octanol–water partition coefficient (Wildman–Crippen LogP) is 4.24. The summed E-state index contributed by atoms with van der Waals surface area (Å²) in [7, 11) is 0. The summed E-state index contributed by atoms with van der Waals surface area (Å²) in [6, 6.07) is 13.0. The first-order chi connectivity index (χ1) is 13.3. The van der Waals surface area contributed by atoms with Gasteiger partial charge in [0.2, 0.25) is 0 Å². The number of carbonyl (C=O) groups excluding carboxylic acids is 1. The molecule has 0 fully saturated rings. The molecule has 0 saturated carbocycles. The number of aliphatic carboxylic acids is 1. The number of benzene rings is 2. The van der Waals surface area contributed by atoms with Crippen molar-refractivity contribution in [1.29, 1.82) is 0 Å². The van der Waals surface area contributed by atoms with Crippen molar-refractivity contribution in [2.75, 3.05) is 4.90 Å². The number of carboxylic acids is 1. The van der Waals surface area contributed by atoms with Gasteiger partial charge in [0.05, 0.1) is 4.92 Å². The van der Waals surface area contributed by atoms with Crippen LogP contribution in [0.15, 0.2) is 54.6 Å². The van der Waals surface area contributed by atoms with Crippen molar-refractivity contribution in [3.05, 3.63) is 70.3 Å². The van der Waals surface area contributed by atoms with Gasteiger partial charge >= 0.3 is 12.1 Å². The van der Waals surface area contributed by atoms with Crippen LogP contribution in [0.3, 0.4) is 0 Å². The largest absolute Gasteiger partial charge is 0.480 e. The molecule has 148 valence electrons. The molecule has 2 aromatic carbocycles. The number of ether oxygens (including phenoxy) is 1. The highest BCUT2D eigenvalue weighted by Crippen LogP contribution is 2.26. The van der Waals surface area contributed by atoms with Gasteiger partial charge in [0.15, 0.2) is 0 Å². The molecule has 0 radical (unpaired) electrons. The number of hydrogen-bond donors (Lipinski definition) is 1. The van der Waals surface area contributed by atoms with Crippen LogP contribution in [0.4, 0.5) is 16.2 Å². The quantitative estimate of drug-likeness (QED) is 0.537. The minimum Gasteiger partial charge on any atom is -0.480 e. The lowest BCUT2D eigenvalue weighted by atomic mass is 9.97. The SMILES string of the molecule is CCC(C)C(C(=O)O)N(C(=O)OCc1ccccc1)c1ccc([N+](=O)[O-])cc1. The third kappa shape index (κ3) is 5.06. The summed E-state index contributed by atoms with van der Waals surface area (Å²) < 4.78 is 5.34. The lowest BCUT2D eigenvalue weighted by Crippen LogP contribution is -2.49. The van der Waals surface area contributed by atoms with Gasteiger partial charge in [-0.25, -0.2) is 9.59 Å². The lowest BCUT2D eigenvalue weighted by molar-refractivity contribution is -0.384. The molecular formula is C20H22N2O6. The predicted molar refractivity (Wildman–Crippen MR) is 103 cm³/mol. The molecule has 1 N–H and O–H groups in total. The normalized spacial score (nSPS) is 12.6. The number of anilines is 1. The summed E-state index contributed by atoms with van der Waals surface area (Å²) >= 11 is 0. The standard InChI is InChI=1S/C20H22N2O6/c1-3-14(2)18(19(23)24)21(16-9-11-17(12-10-16)22(26)27)20(25)28-13-15-7-5-4-6-8-15/h4-12,14,18H,3,13H2,1-2H3,(H,23,24). The summed E-state index contributed by atoms with van der Waals surface area (Å²) in [6.07, 6.45) is -0.308. The number of hydrogen-bond acceptors (Lipinski definition) is 5. The van der Waals surface area contributed by atoms with Crippen LogP contribution in [0, 0.1) is 16.0 Å². The van der Waals surface area contributed by atoms with Crippen LogP contribution in [0.2, 0.25) is 0 Å². The molecule has 1 amide bonds. The van der Waals surface area contributed by atoms with E-state index in [0.717, 1.165) is 10.5 Å². The van der Waals surface area contributed by atoms with Gasteiger partial charge in [-0.05, 0) is 23.6 Å². The Hall–Kier alpha value is -3.42. The highest BCUT2D eigenvalue weighted by molar-refractivity contribution is 5.95. The molecule has 2 unspecified atom stereocenters. The van der Waals surface area contributed by atoms with Crippen LogP contribution >= 0.6 is 0 Å². The third-order valence-corrected chi connectivity index (χ3v) is 4.45. The van der Waals surface area contributed by atoms with Crippen LogP contribution in [0.1, 0.15) is 25.8 Å². The van der Waals surface area contributed by atoms with E-state index in [1.165, 1.54) is 24.3 Å². The Morgan fingerprint density at radius 3 is 2.25 bits per heavy atom. The van der Waals surface area contributed by atoms with Gasteiger partial charge in [-0.2, -0.15) is 0 Å². The van der Waals surface area contributed by atoms with Crippen molar-refractivity contribution in [1.82, 2.24) is 0 Å². The third-order valence-electron chi connectivity index (χ3n) is 4.45. The van der Waals surface area contributed by atoms with Crippen molar-refractivity contribution < 1.29 is 24.4 Å². The van der Waals surface area contributed by atoms with E-state index in [4.69, 9.17) is 4.74 Å². The van der Waals surface area contributed by atoms with E-state index < -0.39 is 23.0 Å². The first kappa shape index (κ1) is 20.9. The highest BCUT2D eigenvalue weighted by Gasteiger charge is 2.36. The smallest absolute Gasteiger partial charge is 0.415 e. The second-order valence-electron chi connectivity index (χ2n) is 6.35. The summed E-state index contributed by atoms with van der Waals surface area (Å²) in [5.74, 6) is -1.54. The Balaban J connectivity index is 2.35. The molecule has 2 atom stereocenters. The van der Waals surface area contributed by atoms with Crippen LogP contribution in [-0.4, -0.2) is 28.1 Å². The number of nitrogens with zero attached hydrogens (tertiary/aromatic N) is 2. The molecule has 0 saturated heterocycles. The van der Waals surface area contributed by atoms with E-state index in [-0.39, 0.29) is 23.9 Å². The lowest BCUT2D eigenvalue weighted by Gasteiger charge is -2.31. The fourth-order valence-electron chi connectivity index (χ4n) is 2.73. The van der Waals surface area contributed by atoms with Crippen LogP contribution in [-0.2, 0) is 16.1 Å². The minimum atomic E-state index is -1.18. The van der Waals surface area contributed by atoms with Crippen LogP contribution in [0.5, 0.6) is 0 Å². The second kappa shape index (κ2) is 9.50. The van der Waals surface area contributed by atoms with Crippen LogP contribution in [0.25, 0.3) is 0 Å². The summed E-state index contributed by atoms with van der Waals surface area (Å²) in [5, 5.41) is 20.6. The maximum Gasteiger partial charge on any atom is 0.415 e. The van der Waals surface area contributed by atoms with E-state index in [1.54, 1.807) is 31.2 Å². The van der Waals surface area contributed by atoms with E-state index in [1.807, 2.05) is 13.0 Å². The van der Waals surface area contributed by atoms with Crippen molar-refractivity contribution in [2.45, 2.75) is 32.9 Å². The summed E-state index contributed by atoms with van der Waals surface area (Å²) in [4.78, 5) is 36.1. The molecule has 0 aliphatic heterocycles. The Labute approximate surface area is 162 Å². The van der Waals surface area contributed by atoms with E-state index >= 15 is 0 Å². The Kier molecular flexibility index (Phi) is 7.08. The molecule has 0 bridgehead atoms. The minimum absolute atomic E-state index is 0.0179. The first-order valence-electron chi connectivity index (χ1n) is 8.82. The number of non-ortho nitro benzene ring substituents is 1. The van der Waals surface area contributed by atoms with Crippen LogP contribution < -0.4 is 4.90 Å². The number of nitro benzene ring substituents is 1. The molecule has 2 rings (SSSR count). The molecule has 8 heteroatoms. The number of amides is 1. The first-order valence-corrected chi connectivity index (χ1v) is 8.82. The topological polar surface area (TPSA) is 110 Å².